The molecule has 4 aromatic rings. The number of nitriles is 2. The number of anilines is 2. The molecule has 2 aromatic carbocycles. The Morgan fingerprint density at radius 2 is 1.25 bits per heavy atom. The Hall–Kier alpha value is -7.35. The van der Waals surface area contributed by atoms with Gasteiger partial charge in [0.2, 0.25) is 23.4 Å². The first-order valence-corrected chi connectivity index (χ1v) is 19.6. The minimum absolute atomic E-state index is 0. The Kier molecular flexibility index (Phi) is 24.2. The molecule has 0 saturated carbocycles. The highest BCUT2D eigenvalue weighted by atomic mass is 35.5. The van der Waals surface area contributed by atoms with E-state index in [1.165, 1.54) is 12.3 Å². The Labute approximate surface area is 381 Å². The summed E-state index contributed by atoms with van der Waals surface area (Å²) in [6.07, 6.45) is 1.01. The van der Waals surface area contributed by atoms with Crippen molar-refractivity contribution in [2.24, 2.45) is 5.10 Å². The monoisotopic (exact) mass is 923 g/mol. The highest BCUT2D eigenvalue weighted by molar-refractivity contribution is 6.46. The van der Waals surface area contributed by atoms with Crippen molar-refractivity contribution in [1.82, 2.24) is 20.6 Å². The Morgan fingerprint density at radius 3 is 1.67 bits per heavy atom. The number of ether oxygens (including phenoxy) is 6. The number of nitrogen functional groups attached to an aromatic ring is 1. The number of halogens is 2. The van der Waals surface area contributed by atoms with Crippen molar-refractivity contribution >= 4 is 64.3 Å². The van der Waals surface area contributed by atoms with Crippen LogP contribution in [-0.4, -0.2) is 67.1 Å². The van der Waals surface area contributed by atoms with Crippen molar-refractivity contribution in [3.8, 4) is 46.9 Å². The molecule has 0 spiro atoms. The number of amides is 4. The summed E-state index contributed by atoms with van der Waals surface area (Å²) in [6.45, 7) is 11.6. The molecule has 2 aromatic heterocycles. The van der Waals surface area contributed by atoms with Crippen molar-refractivity contribution in [2.45, 2.75) is 67.2 Å². The van der Waals surface area contributed by atoms with Gasteiger partial charge in [-0.25, -0.2) is 19.6 Å². The van der Waals surface area contributed by atoms with Crippen LogP contribution in [0.5, 0.6) is 34.8 Å². The number of benzene rings is 2. The fourth-order valence-electron chi connectivity index (χ4n) is 4.65. The number of nitrogens with two attached hydrogens (primary N) is 1. The van der Waals surface area contributed by atoms with Crippen molar-refractivity contribution in [1.29, 1.82) is 10.5 Å². The Morgan fingerprint density at radius 1 is 0.766 bits per heavy atom. The lowest BCUT2D eigenvalue weighted by Gasteiger charge is -2.14. The highest BCUT2D eigenvalue weighted by Crippen LogP contribution is 2.35. The van der Waals surface area contributed by atoms with Crippen LogP contribution in [0.1, 0.15) is 78.4 Å². The number of rotatable bonds is 14. The third-order valence-corrected chi connectivity index (χ3v) is 8.14. The highest BCUT2D eigenvalue weighted by Gasteiger charge is 2.17. The van der Waals surface area contributed by atoms with Crippen molar-refractivity contribution in [3.05, 3.63) is 82.1 Å². The molecule has 0 aliphatic rings. The second kappa shape index (κ2) is 28.3. The summed E-state index contributed by atoms with van der Waals surface area (Å²) in [7, 11) is 3.16. The minimum atomic E-state index is -1.00. The number of imide groups is 2. The second-order valence-corrected chi connectivity index (χ2v) is 13.7. The topological polar surface area (TPSA) is 271 Å². The molecule has 5 N–H and O–H groups in total. The molecule has 4 rings (SSSR count). The van der Waals surface area contributed by atoms with Crippen LogP contribution < -0.4 is 40.7 Å². The van der Waals surface area contributed by atoms with E-state index >= 15 is 0 Å². The summed E-state index contributed by atoms with van der Waals surface area (Å²) in [5.74, 6) is 1.94. The van der Waals surface area contributed by atoms with E-state index in [-0.39, 0.29) is 43.9 Å². The van der Waals surface area contributed by atoms with Gasteiger partial charge in [0, 0.05) is 16.8 Å². The Bertz CT molecular complexity index is 2330. The number of pyridine rings is 2. The average molecular weight is 925 g/mol. The zero-order valence-electron chi connectivity index (χ0n) is 35.7. The predicted molar refractivity (Wildman–Crippen MR) is 241 cm³/mol. The molecule has 0 aliphatic heterocycles. The number of nitrogens with one attached hydrogen (secondary N) is 3. The van der Waals surface area contributed by atoms with Gasteiger partial charge in [0.1, 0.15) is 35.5 Å². The van der Waals surface area contributed by atoms with Gasteiger partial charge in [-0.3, -0.25) is 25.6 Å². The van der Waals surface area contributed by atoms with Crippen LogP contribution in [-0.2, 0) is 19.1 Å². The lowest BCUT2D eigenvalue weighted by molar-refractivity contribution is -0.119. The molecule has 4 amide bonds. The van der Waals surface area contributed by atoms with Gasteiger partial charge in [-0.15, -0.1) is 0 Å². The van der Waals surface area contributed by atoms with Gasteiger partial charge in [0.05, 0.1) is 61.6 Å². The van der Waals surface area contributed by atoms with E-state index in [1.54, 1.807) is 76.7 Å². The van der Waals surface area contributed by atoms with E-state index in [9.17, 15) is 19.2 Å². The van der Waals surface area contributed by atoms with E-state index in [4.69, 9.17) is 58.4 Å². The van der Waals surface area contributed by atoms with Gasteiger partial charge in [-0.05, 0) is 74.2 Å². The lowest BCUT2D eigenvalue weighted by atomic mass is 10.1. The molecule has 342 valence electrons. The SMILES string of the molecule is C.CCOC(=O)NC(=O)/C(C#N)=N\Nc1ccc(Oc2cnc(OC)c(C(C)C)c2)c(Cl)c1.CCOC(=O)NC(=O)CC#N.COc1ncc(Oc2ccc(N)cc2Cl)cc1C(C)C. The predicted octanol–water partition coefficient (Wildman–Crippen LogP) is 9.27. The molecule has 0 atom stereocenters. The molecular formula is C43H51Cl2N9O10. The molecule has 0 unspecified atom stereocenters. The van der Waals surface area contributed by atoms with Crippen molar-refractivity contribution < 1.29 is 47.6 Å². The average Bonchev–Trinajstić information content (AvgIpc) is 3.23. The normalized spacial score (nSPS) is 10.1. The largest absolute Gasteiger partial charge is 0.481 e. The number of hydrogen-bond acceptors (Lipinski definition) is 17. The second-order valence-electron chi connectivity index (χ2n) is 12.8. The molecule has 19 nitrogen and oxygen atoms in total. The lowest BCUT2D eigenvalue weighted by Crippen LogP contribution is -2.36. The number of aromatic nitrogens is 2. The molecule has 0 fully saturated rings. The van der Waals surface area contributed by atoms with E-state index in [0.717, 1.165) is 11.1 Å². The summed E-state index contributed by atoms with van der Waals surface area (Å²) >= 11 is 12.4. The van der Waals surface area contributed by atoms with Crippen molar-refractivity contribution in [2.75, 3.05) is 38.6 Å². The quantitative estimate of drug-likeness (QED) is 0.0521. The van der Waals surface area contributed by atoms with Crippen LogP contribution in [0.15, 0.2) is 66.0 Å². The maximum Gasteiger partial charge on any atom is 0.414 e. The Balaban J connectivity index is 0.000000543. The van der Waals surface area contributed by atoms with Crippen LogP contribution in [0.25, 0.3) is 0 Å². The van der Waals surface area contributed by atoms with Crippen molar-refractivity contribution in [3.63, 3.8) is 0 Å². The molecule has 0 bridgehead atoms. The molecule has 2 heterocycles. The summed E-state index contributed by atoms with van der Waals surface area (Å²) < 4.78 is 31.0. The van der Waals surface area contributed by atoms with Crippen LogP contribution in [0.3, 0.4) is 0 Å². The number of hydrazone groups is 1. The van der Waals surface area contributed by atoms with E-state index in [2.05, 4.69) is 43.8 Å². The first-order valence-electron chi connectivity index (χ1n) is 18.8. The molecule has 21 heteroatoms. The van der Waals surface area contributed by atoms with E-state index < -0.39 is 29.7 Å². The third-order valence-electron chi connectivity index (χ3n) is 7.55. The van der Waals surface area contributed by atoms with Crippen LogP contribution in [0.4, 0.5) is 21.0 Å². The summed E-state index contributed by atoms with van der Waals surface area (Å²) in [5, 5.41) is 25.3. The summed E-state index contributed by atoms with van der Waals surface area (Å²) in [5.41, 5.74) is 10.5. The molecule has 0 saturated heterocycles. The van der Waals surface area contributed by atoms with Gasteiger partial charge < -0.3 is 34.2 Å². The standard InChI is InChI=1S/C21H22ClN5O5.C15H17ClN2O2.C6H8N2O3.CH4/c1-5-31-21(29)25-19(28)17(10-23)27-26-13-6-7-18(16(22)8-13)32-14-9-15(12(2)3)20(30-4)24-11-14;1-9(2)12-7-11(8-18-15(12)19-3)20-14-5-4-10(17)6-13(14)16;1-2-11-6(10)8-5(9)3-4-7;/h6-9,11-12,26H,5H2,1-4H3,(H,25,28,29);4-9H,17H2,1-3H3;2-3H2,1H3,(H,8,9,10);1H4/b27-17-;;;. The van der Waals surface area contributed by atoms with Crippen LogP contribution in [0.2, 0.25) is 10.0 Å². The number of methoxy groups -OCH3 is 2. The maximum absolute atomic E-state index is 11.9. The number of nitrogens with zero attached hydrogens (tertiary/aromatic N) is 5. The number of carbonyl (C=O) groups excluding carboxylic acids is 4. The summed E-state index contributed by atoms with van der Waals surface area (Å²) in [6, 6.07) is 16.7. The molecule has 64 heavy (non-hydrogen) atoms. The fourth-order valence-corrected chi connectivity index (χ4v) is 5.09. The molecule has 0 aliphatic carbocycles. The summed E-state index contributed by atoms with van der Waals surface area (Å²) in [4.78, 5) is 52.6. The maximum atomic E-state index is 11.9. The number of alkyl carbamates (subject to hydrolysis) is 2. The molecule has 0 radical (unpaired) electrons. The van der Waals surface area contributed by atoms with Gasteiger partial charge >= 0.3 is 12.2 Å². The smallest absolute Gasteiger partial charge is 0.414 e. The van der Waals surface area contributed by atoms with Gasteiger partial charge in [0.15, 0.2) is 0 Å². The molecular weight excluding hydrogens is 873 g/mol. The zero-order valence-corrected chi connectivity index (χ0v) is 37.2. The van der Waals surface area contributed by atoms with E-state index in [1.807, 2.05) is 36.6 Å². The first kappa shape index (κ1) is 54.7. The zero-order chi connectivity index (χ0) is 47.1. The first-order chi connectivity index (χ1) is 30.0. The van der Waals surface area contributed by atoms with Crippen LogP contribution in [0, 0.1) is 22.7 Å². The van der Waals surface area contributed by atoms with Gasteiger partial charge in [-0.1, -0.05) is 58.3 Å². The van der Waals surface area contributed by atoms with Crippen LogP contribution >= 0.6 is 23.2 Å². The number of carbonyl (C=O) groups is 4. The fraction of sp³-hybridized carbons (Fsp3) is 0.326. The van der Waals surface area contributed by atoms with Gasteiger partial charge in [-0.2, -0.15) is 15.6 Å². The number of hydrogen-bond donors (Lipinski definition) is 4. The van der Waals surface area contributed by atoms with E-state index in [0.29, 0.717) is 51.2 Å². The van der Waals surface area contributed by atoms with Gasteiger partial charge in [0.25, 0.3) is 5.91 Å². The third kappa shape index (κ3) is 18.3. The minimum Gasteiger partial charge on any atom is -0.481 e.